The number of hydrogen-bond donors (Lipinski definition) is 0. The van der Waals surface area contributed by atoms with Gasteiger partial charge in [0, 0.05) is 32.6 Å². The van der Waals surface area contributed by atoms with Gasteiger partial charge in [-0.05, 0) is 76.2 Å². The molecule has 0 saturated carbocycles. The fourth-order valence-corrected chi connectivity index (χ4v) is 7.13. The van der Waals surface area contributed by atoms with Gasteiger partial charge in [-0.25, -0.2) is 0 Å². The summed E-state index contributed by atoms with van der Waals surface area (Å²) in [5, 5.41) is 6.85. The molecule has 0 aliphatic carbocycles. The average Bonchev–Trinajstić information content (AvgIpc) is 3.77. The third kappa shape index (κ3) is 3.52. The molecular weight excluding hydrogens is 550 g/mol. The van der Waals surface area contributed by atoms with Gasteiger partial charge in [-0.15, -0.1) is 0 Å². The van der Waals surface area contributed by atoms with E-state index in [1.165, 1.54) is 10.9 Å². The molecule has 45 heavy (non-hydrogen) atoms. The predicted molar refractivity (Wildman–Crippen MR) is 186 cm³/mol. The minimum atomic E-state index is 0.888. The Morgan fingerprint density at radius 1 is 0.422 bits per heavy atom. The molecule has 0 N–H and O–H groups in total. The Balaban J connectivity index is 1.09. The lowest BCUT2D eigenvalue weighted by molar-refractivity contribution is 0.672. The molecule has 10 aromatic rings. The van der Waals surface area contributed by atoms with Gasteiger partial charge in [0.15, 0.2) is 5.58 Å². The molecule has 210 valence electrons. The van der Waals surface area contributed by atoms with Crippen LogP contribution < -0.4 is 0 Å². The van der Waals surface area contributed by atoms with Gasteiger partial charge in [0.1, 0.15) is 22.3 Å². The Bertz CT molecular complexity index is 2740. The van der Waals surface area contributed by atoms with Gasteiger partial charge in [0.2, 0.25) is 0 Å². The van der Waals surface area contributed by atoms with Crippen LogP contribution in [-0.4, -0.2) is 4.57 Å². The van der Waals surface area contributed by atoms with E-state index in [9.17, 15) is 0 Å². The van der Waals surface area contributed by atoms with Crippen LogP contribution in [0.3, 0.4) is 0 Å². The van der Waals surface area contributed by atoms with E-state index in [-0.39, 0.29) is 0 Å². The first-order valence-corrected chi connectivity index (χ1v) is 15.3. The second-order valence-corrected chi connectivity index (χ2v) is 11.7. The summed E-state index contributed by atoms with van der Waals surface area (Å²) in [6, 6.07) is 53.5. The van der Waals surface area contributed by atoms with Gasteiger partial charge in [0.25, 0.3) is 0 Å². The van der Waals surface area contributed by atoms with E-state index < -0.39 is 0 Å². The molecule has 0 atom stereocenters. The molecule has 3 nitrogen and oxygen atoms in total. The number of aromatic nitrogens is 1. The zero-order valence-electron chi connectivity index (χ0n) is 24.2. The van der Waals surface area contributed by atoms with E-state index in [2.05, 4.69) is 156 Å². The van der Waals surface area contributed by atoms with Crippen LogP contribution in [0.5, 0.6) is 0 Å². The van der Waals surface area contributed by atoms with Crippen LogP contribution in [0.15, 0.2) is 160 Å². The summed E-state index contributed by atoms with van der Waals surface area (Å²) in [5.41, 5.74) is 11.6. The van der Waals surface area contributed by atoms with E-state index in [1.54, 1.807) is 0 Å². The van der Waals surface area contributed by atoms with Crippen LogP contribution in [0.4, 0.5) is 0 Å². The van der Waals surface area contributed by atoms with Gasteiger partial charge >= 0.3 is 0 Å². The zero-order valence-corrected chi connectivity index (χ0v) is 24.2. The molecule has 0 unspecified atom stereocenters. The SMILES string of the molecule is c1ccc(-n2c3ccccc3c3oc4cc(-c5ccc(-c6cccc7oc8c9ccccc9ccc8c67)cc5)ccc4c32)cc1. The van der Waals surface area contributed by atoms with Crippen LogP contribution in [0, 0.1) is 0 Å². The highest BCUT2D eigenvalue weighted by Gasteiger charge is 2.20. The van der Waals surface area contributed by atoms with Crippen LogP contribution in [0.25, 0.3) is 93.6 Å². The third-order valence-electron chi connectivity index (χ3n) is 9.21. The lowest BCUT2D eigenvalue weighted by atomic mass is 9.96. The van der Waals surface area contributed by atoms with Gasteiger partial charge < -0.3 is 13.4 Å². The van der Waals surface area contributed by atoms with Gasteiger partial charge in [-0.2, -0.15) is 0 Å². The Morgan fingerprint density at radius 2 is 1.13 bits per heavy atom. The number of para-hydroxylation sites is 2. The molecule has 0 saturated heterocycles. The number of furan rings is 2. The molecule has 3 heteroatoms. The monoisotopic (exact) mass is 575 g/mol. The molecule has 0 bridgehead atoms. The second-order valence-electron chi connectivity index (χ2n) is 11.7. The lowest BCUT2D eigenvalue weighted by Gasteiger charge is -2.08. The van der Waals surface area contributed by atoms with Crippen molar-refractivity contribution in [1.29, 1.82) is 0 Å². The Morgan fingerprint density at radius 3 is 2.02 bits per heavy atom. The fourth-order valence-electron chi connectivity index (χ4n) is 7.13. The first kappa shape index (κ1) is 24.4. The molecule has 0 spiro atoms. The molecule has 0 aliphatic rings. The first-order chi connectivity index (χ1) is 22.3. The molecule has 3 heterocycles. The summed E-state index contributed by atoms with van der Waals surface area (Å²) in [6.45, 7) is 0. The molecule has 0 aliphatic heterocycles. The molecule has 0 amide bonds. The van der Waals surface area contributed by atoms with E-state index in [0.717, 1.165) is 82.7 Å². The summed E-state index contributed by atoms with van der Waals surface area (Å²) in [7, 11) is 0. The molecule has 3 aromatic heterocycles. The molecular formula is C42H25NO2. The van der Waals surface area contributed by atoms with Gasteiger partial charge in [0.05, 0.1) is 5.52 Å². The van der Waals surface area contributed by atoms with Crippen LogP contribution in [0.1, 0.15) is 0 Å². The van der Waals surface area contributed by atoms with Crippen molar-refractivity contribution in [2.75, 3.05) is 0 Å². The topological polar surface area (TPSA) is 31.2 Å². The van der Waals surface area contributed by atoms with Crippen molar-refractivity contribution < 1.29 is 8.83 Å². The molecule has 0 fully saturated rings. The third-order valence-corrected chi connectivity index (χ3v) is 9.21. The highest BCUT2D eigenvalue weighted by molar-refractivity contribution is 6.19. The highest BCUT2D eigenvalue weighted by atomic mass is 16.3. The zero-order chi connectivity index (χ0) is 29.5. The smallest absolute Gasteiger partial charge is 0.161 e. The number of benzene rings is 7. The van der Waals surface area contributed by atoms with Crippen molar-refractivity contribution in [2.24, 2.45) is 0 Å². The van der Waals surface area contributed by atoms with Gasteiger partial charge in [-0.3, -0.25) is 0 Å². The summed E-state index contributed by atoms with van der Waals surface area (Å²) < 4.78 is 15.3. The summed E-state index contributed by atoms with van der Waals surface area (Å²) in [6.07, 6.45) is 0. The summed E-state index contributed by atoms with van der Waals surface area (Å²) in [5.74, 6) is 0. The minimum absolute atomic E-state index is 0.888. The van der Waals surface area contributed by atoms with Crippen LogP contribution >= 0.6 is 0 Å². The second kappa shape index (κ2) is 9.22. The number of hydrogen-bond acceptors (Lipinski definition) is 2. The quantitative estimate of drug-likeness (QED) is 0.210. The van der Waals surface area contributed by atoms with E-state index in [4.69, 9.17) is 8.83 Å². The maximum atomic E-state index is 6.60. The fraction of sp³-hybridized carbons (Fsp3) is 0. The Hall–Kier alpha value is -6.06. The summed E-state index contributed by atoms with van der Waals surface area (Å²) in [4.78, 5) is 0. The van der Waals surface area contributed by atoms with E-state index in [1.807, 2.05) is 0 Å². The van der Waals surface area contributed by atoms with Crippen molar-refractivity contribution in [3.8, 4) is 27.9 Å². The van der Waals surface area contributed by atoms with Crippen LogP contribution in [0.2, 0.25) is 0 Å². The van der Waals surface area contributed by atoms with Crippen molar-refractivity contribution in [2.45, 2.75) is 0 Å². The first-order valence-electron chi connectivity index (χ1n) is 15.3. The maximum absolute atomic E-state index is 6.60. The van der Waals surface area contributed by atoms with Crippen molar-refractivity contribution in [3.63, 3.8) is 0 Å². The maximum Gasteiger partial charge on any atom is 0.161 e. The Kier molecular flexibility index (Phi) is 5.00. The Labute approximate surface area is 258 Å². The van der Waals surface area contributed by atoms with Gasteiger partial charge in [-0.1, -0.05) is 103 Å². The van der Waals surface area contributed by atoms with Crippen molar-refractivity contribution in [1.82, 2.24) is 4.57 Å². The van der Waals surface area contributed by atoms with Crippen molar-refractivity contribution in [3.05, 3.63) is 152 Å². The normalized spacial score (nSPS) is 12.0. The average molecular weight is 576 g/mol. The number of rotatable bonds is 3. The largest absolute Gasteiger partial charge is 0.455 e. The minimum Gasteiger partial charge on any atom is -0.455 e. The van der Waals surface area contributed by atoms with E-state index >= 15 is 0 Å². The highest BCUT2D eigenvalue weighted by Crippen LogP contribution is 2.42. The lowest BCUT2D eigenvalue weighted by Crippen LogP contribution is -1.92. The molecule has 10 rings (SSSR count). The van der Waals surface area contributed by atoms with E-state index in [0.29, 0.717) is 0 Å². The molecule has 0 radical (unpaired) electrons. The standard InChI is InChI=1S/C42H25NO2/c1-2-10-30(11-3-1)43-36-15-7-6-13-33(36)42-40(43)34-23-22-29(25-38(34)45-42)26-17-19-28(20-18-26)31-14-8-16-37-39(31)35-24-21-27-9-4-5-12-32(27)41(35)44-37/h1-25H. The van der Waals surface area contributed by atoms with Crippen molar-refractivity contribution >= 4 is 65.7 Å². The molecule has 7 aromatic carbocycles. The number of nitrogens with zero attached hydrogens (tertiary/aromatic N) is 1. The van der Waals surface area contributed by atoms with Crippen LogP contribution in [-0.2, 0) is 0 Å². The predicted octanol–water partition coefficient (Wildman–Crippen LogP) is 11.9. The number of fused-ring (bicyclic) bond motifs is 10. The summed E-state index contributed by atoms with van der Waals surface area (Å²) >= 11 is 0.